The van der Waals surface area contributed by atoms with Crippen molar-refractivity contribution >= 4 is 17.2 Å². The maximum atomic E-state index is 12.3. The topological polar surface area (TPSA) is 51.7 Å². The highest BCUT2D eigenvalue weighted by atomic mass is 32.1. The van der Waals surface area contributed by atoms with Crippen molar-refractivity contribution in [1.29, 1.82) is 0 Å². The maximum absolute atomic E-state index is 12.3. The summed E-state index contributed by atoms with van der Waals surface area (Å²) >= 11 is 1.47. The van der Waals surface area contributed by atoms with Gasteiger partial charge in [0.05, 0.1) is 24.8 Å². The first-order chi connectivity index (χ1) is 10.2. The van der Waals surface area contributed by atoms with Gasteiger partial charge in [-0.1, -0.05) is 0 Å². The number of thiazole rings is 1. The van der Waals surface area contributed by atoms with E-state index in [9.17, 15) is 4.79 Å². The Morgan fingerprint density at radius 2 is 2.38 bits per heavy atom. The fourth-order valence-corrected chi connectivity index (χ4v) is 3.79. The number of piperidine rings is 1. The van der Waals surface area contributed by atoms with Crippen LogP contribution in [0.15, 0.2) is 10.9 Å². The number of hydrogen-bond acceptors (Lipinski definition) is 5. The van der Waals surface area contributed by atoms with Crippen molar-refractivity contribution in [3.05, 3.63) is 16.6 Å². The summed E-state index contributed by atoms with van der Waals surface area (Å²) in [5.74, 6) is 0.0656. The molecule has 2 aliphatic rings. The molecule has 1 aromatic heterocycles. The van der Waals surface area contributed by atoms with Crippen LogP contribution in [0.1, 0.15) is 36.7 Å². The van der Waals surface area contributed by atoms with E-state index in [1.165, 1.54) is 11.3 Å². The van der Waals surface area contributed by atoms with Gasteiger partial charge in [-0.25, -0.2) is 4.98 Å². The van der Waals surface area contributed by atoms with E-state index in [1.807, 2.05) is 17.2 Å². The summed E-state index contributed by atoms with van der Waals surface area (Å²) in [6.07, 6.45) is 3.33. The van der Waals surface area contributed by atoms with Crippen LogP contribution in [0.3, 0.4) is 0 Å². The summed E-state index contributed by atoms with van der Waals surface area (Å²) in [5.41, 5.74) is 2.54. The average Bonchev–Trinajstić information content (AvgIpc) is 3.16. The second-order valence-electron chi connectivity index (χ2n) is 5.96. The first-order valence-corrected chi connectivity index (χ1v) is 8.53. The van der Waals surface area contributed by atoms with Crippen molar-refractivity contribution < 1.29 is 14.3 Å². The third-order valence-electron chi connectivity index (χ3n) is 4.56. The summed E-state index contributed by atoms with van der Waals surface area (Å²) in [5, 5.41) is 1.82. The second-order valence-corrected chi connectivity index (χ2v) is 6.68. The molecule has 1 atom stereocenters. The molecule has 2 fully saturated rings. The van der Waals surface area contributed by atoms with Crippen molar-refractivity contribution in [2.24, 2.45) is 5.41 Å². The third kappa shape index (κ3) is 3.27. The molecule has 3 heterocycles. The van der Waals surface area contributed by atoms with Crippen LogP contribution in [0.2, 0.25) is 0 Å². The van der Waals surface area contributed by atoms with E-state index in [1.54, 1.807) is 5.51 Å². The number of ether oxygens (including phenoxy) is 2. The summed E-state index contributed by atoms with van der Waals surface area (Å²) in [6, 6.07) is 0. The van der Waals surface area contributed by atoms with Crippen LogP contribution in [0.5, 0.6) is 0 Å². The third-order valence-corrected chi connectivity index (χ3v) is 5.14. The summed E-state index contributed by atoms with van der Waals surface area (Å²) < 4.78 is 11.3. The van der Waals surface area contributed by atoms with Crippen molar-refractivity contribution in [3.8, 4) is 0 Å². The molecule has 0 saturated carbocycles. The van der Waals surface area contributed by atoms with E-state index in [0.717, 1.165) is 45.6 Å². The zero-order valence-corrected chi connectivity index (χ0v) is 13.2. The minimum atomic E-state index is 0.0656. The number of hydrogen-bond donors (Lipinski definition) is 0. The molecule has 3 rings (SSSR count). The Balaban J connectivity index is 1.52. The average molecular weight is 310 g/mol. The highest BCUT2D eigenvalue weighted by Crippen LogP contribution is 2.42. The molecule has 2 saturated heterocycles. The number of rotatable bonds is 4. The van der Waals surface area contributed by atoms with Gasteiger partial charge in [0, 0.05) is 25.1 Å². The molecular weight excluding hydrogens is 288 g/mol. The van der Waals surface area contributed by atoms with Gasteiger partial charge in [0.2, 0.25) is 0 Å². The van der Waals surface area contributed by atoms with E-state index < -0.39 is 0 Å². The predicted octanol–water partition coefficient (Wildman–Crippen LogP) is 2.19. The molecule has 1 spiro atoms. The van der Waals surface area contributed by atoms with Gasteiger partial charge in [-0.15, -0.1) is 11.3 Å². The van der Waals surface area contributed by atoms with E-state index in [2.05, 4.69) is 4.98 Å². The number of nitrogens with zero attached hydrogens (tertiary/aromatic N) is 2. The molecule has 6 heteroatoms. The van der Waals surface area contributed by atoms with Crippen LogP contribution in [-0.2, 0) is 9.47 Å². The molecule has 0 N–H and O–H groups in total. The largest absolute Gasteiger partial charge is 0.379 e. The van der Waals surface area contributed by atoms with Crippen LogP contribution in [0.25, 0.3) is 0 Å². The first-order valence-electron chi connectivity index (χ1n) is 7.59. The van der Waals surface area contributed by atoms with Gasteiger partial charge in [0.15, 0.2) is 0 Å². The SMILES string of the molecule is CCOC[C@@H]1CC2(CCN(C(=O)c3cscn3)CC2)CO1. The molecule has 2 aliphatic heterocycles. The Hall–Kier alpha value is -0.980. The lowest BCUT2D eigenvalue weighted by Crippen LogP contribution is -2.43. The normalized spacial score (nSPS) is 24.6. The Kier molecular flexibility index (Phi) is 4.57. The zero-order valence-electron chi connectivity index (χ0n) is 12.4. The van der Waals surface area contributed by atoms with Crippen LogP contribution < -0.4 is 0 Å². The zero-order chi connectivity index (χ0) is 14.7. The van der Waals surface area contributed by atoms with Crippen molar-refractivity contribution in [3.63, 3.8) is 0 Å². The fourth-order valence-electron chi connectivity index (χ4n) is 3.26. The molecule has 0 bridgehead atoms. The van der Waals surface area contributed by atoms with E-state index in [0.29, 0.717) is 12.3 Å². The lowest BCUT2D eigenvalue weighted by molar-refractivity contribution is 0.0159. The van der Waals surface area contributed by atoms with E-state index >= 15 is 0 Å². The number of likely N-dealkylation sites (tertiary alicyclic amines) is 1. The van der Waals surface area contributed by atoms with Gasteiger partial charge in [-0.05, 0) is 31.6 Å². The fraction of sp³-hybridized carbons (Fsp3) is 0.733. The van der Waals surface area contributed by atoms with Gasteiger partial charge in [-0.2, -0.15) is 0 Å². The highest BCUT2D eigenvalue weighted by molar-refractivity contribution is 7.07. The van der Waals surface area contributed by atoms with Crippen molar-refractivity contribution in [2.45, 2.75) is 32.3 Å². The quantitative estimate of drug-likeness (QED) is 0.855. The number of carbonyl (C=O) groups is 1. The number of carbonyl (C=O) groups excluding carboxylic acids is 1. The summed E-state index contributed by atoms with van der Waals surface area (Å²) in [4.78, 5) is 18.3. The van der Waals surface area contributed by atoms with Crippen LogP contribution >= 0.6 is 11.3 Å². The smallest absolute Gasteiger partial charge is 0.273 e. The molecular formula is C15H22N2O3S. The van der Waals surface area contributed by atoms with Crippen LogP contribution in [0.4, 0.5) is 0 Å². The summed E-state index contributed by atoms with van der Waals surface area (Å²) in [6.45, 7) is 5.86. The standard InChI is InChI=1S/C15H22N2O3S/c1-2-19-8-12-7-15(10-20-12)3-5-17(6-4-15)14(18)13-9-21-11-16-13/h9,11-12H,2-8,10H2,1H3/t12-/m0/s1. The van der Waals surface area contributed by atoms with Crippen LogP contribution in [-0.4, -0.2) is 54.8 Å². The minimum Gasteiger partial charge on any atom is -0.379 e. The Labute approximate surface area is 129 Å². The number of aromatic nitrogens is 1. The Morgan fingerprint density at radius 3 is 3.05 bits per heavy atom. The van der Waals surface area contributed by atoms with Gasteiger partial charge in [-0.3, -0.25) is 4.79 Å². The Morgan fingerprint density at radius 1 is 1.57 bits per heavy atom. The summed E-state index contributed by atoms with van der Waals surface area (Å²) in [7, 11) is 0. The molecule has 0 radical (unpaired) electrons. The molecule has 5 nitrogen and oxygen atoms in total. The lowest BCUT2D eigenvalue weighted by Gasteiger charge is -2.38. The molecule has 21 heavy (non-hydrogen) atoms. The van der Waals surface area contributed by atoms with Gasteiger partial charge in [0.1, 0.15) is 5.69 Å². The minimum absolute atomic E-state index is 0.0656. The first kappa shape index (κ1) is 14.9. The maximum Gasteiger partial charge on any atom is 0.273 e. The predicted molar refractivity (Wildman–Crippen MR) is 80.5 cm³/mol. The van der Waals surface area contributed by atoms with Gasteiger partial charge < -0.3 is 14.4 Å². The Bertz CT molecular complexity index is 469. The van der Waals surface area contributed by atoms with Gasteiger partial charge in [0.25, 0.3) is 5.91 Å². The number of amides is 1. The van der Waals surface area contributed by atoms with E-state index in [4.69, 9.17) is 9.47 Å². The molecule has 1 aromatic rings. The highest BCUT2D eigenvalue weighted by Gasteiger charge is 2.43. The van der Waals surface area contributed by atoms with Crippen molar-refractivity contribution in [1.82, 2.24) is 9.88 Å². The molecule has 0 aliphatic carbocycles. The molecule has 116 valence electrons. The molecule has 0 aromatic carbocycles. The monoisotopic (exact) mass is 310 g/mol. The van der Waals surface area contributed by atoms with Crippen LogP contribution in [0, 0.1) is 5.41 Å². The molecule has 1 amide bonds. The van der Waals surface area contributed by atoms with Gasteiger partial charge >= 0.3 is 0 Å². The second kappa shape index (κ2) is 6.42. The molecule has 0 unspecified atom stereocenters. The van der Waals surface area contributed by atoms with E-state index in [-0.39, 0.29) is 17.4 Å². The van der Waals surface area contributed by atoms with Crippen molar-refractivity contribution in [2.75, 3.05) is 32.9 Å². The lowest BCUT2D eigenvalue weighted by atomic mass is 9.76.